The summed E-state index contributed by atoms with van der Waals surface area (Å²) in [5, 5.41) is 0.264. The summed E-state index contributed by atoms with van der Waals surface area (Å²) in [4.78, 5) is 23.8. The van der Waals surface area contributed by atoms with Crippen molar-refractivity contribution in [3.05, 3.63) is 94.9 Å². The van der Waals surface area contributed by atoms with Crippen molar-refractivity contribution in [2.45, 2.75) is 4.90 Å². The number of hydrogen-bond acceptors (Lipinski definition) is 9. The third kappa shape index (κ3) is 5.52. The van der Waals surface area contributed by atoms with Gasteiger partial charge in [0, 0.05) is 36.6 Å². The smallest absolute Gasteiger partial charge is 0.267 e. The first kappa shape index (κ1) is 29.0. The molecule has 1 aliphatic heterocycles. The number of nitrogens with zero attached hydrogens (tertiary/aromatic N) is 4. The fourth-order valence-electron chi connectivity index (χ4n) is 5.00. The van der Waals surface area contributed by atoms with Gasteiger partial charge in [-0.15, -0.1) is 0 Å². The number of rotatable bonds is 7. The van der Waals surface area contributed by atoms with E-state index < -0.39 is 32.1 Å². The second-order valence-electron chi connectivity index (χ2n) is 9.92. The molecule has 3 N–H and O–H groups in total. The van der Waals surface area contributed by atoms with Crippen LogP contribution in [0.5, 0.6) is 5.88 Å². The van der Waals surface area contributed by atoms with Gasteiger partial charge < -0.3 is 20.1 Å². The number of nitrogens with one attached hydrogen (secondary N) is 1. The molecule has 2 aromatic heterocycles. The number of aromatic nitrogens is 3. The van der Waals surface area contributed by atoms with Crippen LogP contribution < -0.4 is 25.7 Å². The Hall–Kier alpha value is -5.08. The minimum absolute atomic E-state index is 0.0187. The molecule has 3 heterocycles. The number of methoxy groups -OCH3 is 1. The minimum atomic E-state index is -4.48. The molecule has 0 saturated carbocycles. The molecule has 11 nitrogen and oxygen atoms in total. The molecule has 14 heteroatoms. The highest BCUT2D eigenvalue weighted by molar-refractivity contribution is 7.92. The molecule has 0 unspecified atom stereocenters. The Labute approximate surface area is 250 Å². The van der Waals surface area contributed by atoms with Gasteiger partial charge in [0.2, 0.25) is 11.8 Å². The molecule has 3 aromatic carbocycles. The number of anilines is 3. The van der Waals surface area contributed by atoms with E-state index in [1.807, 2.05) is 12.1 Å². The van der Waals surface area contributed by atoms with Gasteiger partial charge in [-0.1, -0.05) is 6.07 Å². The number of sulfonamides is 1. The number of nitrogen functional groups attached to an aromatic ring is 1. The van der Waals surface area contributed by atoms with Gasteiger partial charge in [-0.3, -0.25) is 9.52 Å². The number of morpholine rings is 1. The van der Waals surface area contributed by atoms with Crippen LogP contribution in [-0.2, 0) is 14.8 Å². The highest BCUT2D eigenvalue weighted by Gasteiger charge is 2.23. The quantitative estimate of drug-likeness (QED) is 0.277. The zero-order valence-electron chi connectivity index (χ0n) is 23.3. The Balaban J connectivity index is 1.37. The summed E-state index contributed by atoms with van der Waals surface area (Å²) in [6, 6.07) is 15.9. The van der Waals surface area contributed by atoms with Crippen LogP contribution in [0.25, 0.3) is 27.7 Å². The second-order valence-corrected chi connectivity index (χ2v) is 11.6. The van der Waals surface area contributed by atoms with Crippen molar-refractivity contribution in [2.24, 2.45) is 0 Å². The zero-order valence-corrected chi connectivity index (χ0v) is 24.1. The average molecular weight is 621 g/mol. The van der Waals surface area contributed by atoms with Crippen LogP contribution in [0.1, 0.15) is 0 Å². The fraction of sp³-hybridized carbons (Fsp3) is 0.167. The summed E-state index contributed by atoms with van der Waals surface area (Å²) in [6.45, 7) is 2.84. The maximum Gasteiger partial charge on any atom is 0.267 e. The van der Waals surface area contributed by atoms with Gasteiger partial charge in [-0.25, -0.2) is 31.7 Å². The van der Waals surface area contributed by atoms with Crippen LogP contribution in [0.15, 0.2) is 82.6 Å². The maximum atomic E-state index is 14.3. The largest absolute Gasteiger partial charge is 0.480 e. The minimum Gasteiger partial charge on any atom is -0.480 e. The molecule has 0 bridgehead atoms. The first-order valence-electron chi connectivity index (χ1n) is 13.4. The number of ether oxygens (including phenoxy) is 2. The van der Waals surface area contributed by atoms with E-state index >= 15 is 0 Å². The van der Waals surface area contributed by atoms with Gasteiger partial charge in [0.05, 0.1) is 36.9 Å². The molecule has 0 spiro atoms. The van der Waals surface area contributed by atoms with Crippen molar-refractivity contribution >= 4 is 38.2 Å². The number of nitrogens with two attached hydrogens (primary N) is 1. The number of pyridine rings is 1. The number of benzene rings is 3. The van der Waals surface area contributed by atoms with Crippen molar-refractivity contribution in [2.75, 3.05) is 48.8 Å². The SMILES string of the molecule is COc1ncc(-c2ccc3nc(N)n(-c4ccc(N5CCOCC5)cc4)c(=O)c3c2)cc1NS(=O)(=O)c1ccc(F)cc1F. The fourth-order valence-corrected chi connectivity index (χ4v) is 6.11. The summed E-state index contributed by atoms with van der Waals surface area (Å²) in [5.41, 5.74) is 8.56. The van der Waals surface area contributed by atoms with Crippen molar-refractivity contribution in [1.29, 1.82) is 0 Å². The van der Waals surface area contributed by atoms with Crippen molar-refractivity contribution in [1.82, 2.24) is 14.5 Å². The third-order valence-electron chi connectivity index (χ3n) is 7.18. The molecule has 5 aromatic rings. The van der Waals surface area contributed by atoms with Crippen LogP contribution in [-0.4, -0.2) is 56.4 Å². The lowest BCUT2D eigenvalue weighted by Gasteiger charge is -2.29. The number of hydrogen-bond donors (Lipinski definition) is 2. The lowest BCUT2D eigenvalue weighted by Crippen LogP contribution is -2.36. The summed E-state index contributed by atoms with van der Waals surface area (Å²) in [7, 11) is -3.19. The molecule has 1 saturated heterocycles. The topological polar surface area (TPSA) is 142 Å². The molecule has 0 radical (unpaired) electrons. The average Bonchev–Trinajstić information content (AvgIpc) is 3.01. The molecule has 44 heavy (non-hydrogen) atoms. The molecule has 0 atom stereocenters. The molecule has 0 amide bonds. The van der Waals surface area contributed by atoms with E-state index in [9.17, 15) is 22.0 Å². The van der Waals surface area contributed by atoms with Gasteiger partial charge in [0.25, 0.3) is 15.6 Å². The maximum absolute atomic E-state index is 14.3. The molecule has 0 aliphatic carbocycles. The van der Waals surface area contributed by atoms with Crippen LogP contribution in [0.2, 0.25) is 0 Å². The second kappa shape index (κ2) is 11.5. The highest BCUT2D eigenvalue weighted by atomic mass is 32.2. The number of fused-ring (bicyclic) bond motifs is 1. The van der Waals surface area contributed by atoms with Gasteiger partial charge >= 0.3 is 0 Å². The predicted molar refractivity (Wildman–Crippen MR) is 162 cm³/mol. The van der Waals surface area contributed by atoms with E-state index in [-0.39, 0.29) is 22.9 Å². The Morgan fingerprint density at radius 1 is 0.955 bits per heavy atom. The molecule has 6 rings (SSSR count). The standard InChI is InChI=1S/C30H26F2N6O5S/c1-42-28-26(36-44(40,41)27-9-3-20(31)16-24(27)32)15-19(17-34-28)18-2-8-25-23(14-18)29(39)38(30(33)35-25)22-6-4-21(5-7-22)37-10-12-43-13-11-37/h2-9,14-17,36H,10-13H2,1H3,(H2,33,35). The lowest BCUT2D eigenvalue weighted by atomic mass is 10.0. The lowest BCUT2D eigenvalue weighted by molar-refractivity contribution is 0.122. The first-order chi connectivity index (χ1) is 21.1. The summed E-state index contributed by atoms with van der Waals surface area (Å²) in [6.07, 6.45) is 1.43. The van der Waals surface area contributed by atoms with E-state index in [0.717, 1.165) is 30.9 Å². The molecular formula is C30H26F2N6O5S. The van der Waals surface area contributed by atoms with Crippen LogP contribution >= 0.6 is 0 Å². The monoisotopic (exact) mass is 620 g/mol. The Morgan fingerprint density at radius 2 is 1.68 bits per heavy atom. The van der Waals surface area contributed by atoms with Crippen LogP contribution in [0.4, 0.5) is 26.1 Å². The van der Waals surface area contributed by atoms with Crippen LogP contribution in [0.3, 0.4) is 0 Å². The van der Waals surface area contributed by atoms with E-state index in [2.05, 4.69) is 19.6 Å². The van der Waals surface area contributed by atoms with E-state index in [0.29, 0.717) is 41.6 Å². The van der Waals surface area contributed by atoms with Gasteiger partial charge in [0.15, 0.2) is 0 Å². The summed E-state index contributed by atoms with van der Waals surface area (Å²) >= 11 is 0. The van der Waals surface area contributed by atoms with Gasteiger partial charge in [-0.2, -0.15) is 0 Å². The Morgan fingerprint density at radius 3 is 2.39 bits per heavy atom. The predicted octanol–water partition coefficient (Wildman–Crippen LogP) is 3.95. The Kier molecular flexibility index (Phi) is 7.61. The first-order valence-corrected chi connectivity index (χ1v) is 14.9. The van der Waals surface area contributed by atoms with Gasteiger partial charge in [-0.05, 0) is 60.2 Å². The molecular weight excluding hydrogens is 594 g/mol. The molecule has 1 fully saturated rings. The highest BCUT2D eigenvalue weighted by Crippen LogP contribution is 2.32. The zero-order chi connectivity index (χ0) is 31.0. The van der Waals surface area contributed by atoms with E-state index in [1.54, 1.807) is 30.3 Å². The molecule has 1 aliphatic rings. The van der Waals surface area contributed by atoms with Crippen LogP contribution in [0, 0.1) is 11.6 Å². The van der Waals surface area contributed by atoms with Crippen molar-refractivity contribution < 1.29 is 26.7 Å². The van der Waals surface area contributed by atoms with E-state index in [4.69, 9.17) is 15.2 Å². The third-order valence-corrected chi connectivity index (χ3v) is 8.58. The molecule has 226 valence electrons. The normalized spacial score (nSPS) is 13.7. The Bertz CT molecular complexity index is 2050. The van der Waals surface area contributed by atoms with E-state index in [1.165, 1.54) is 23.9 Å². The summed E-state index contributed by atoms with van der Waals surface area (Å²) in [5.74, 6) is -2.24. The van der Waals surface area contributed by atoms with Crippen molar-refractivity contribution in [3.8, 4) is 22.7 Å². The van der Waals surface area contributed by atoms with Crippen molar-refractivity contribution in [3.63, 3.8) is 0 Å². The summed E-state index contributed by atoms with van der Waals surface area (Å²) < 4.78 is 67.8. The van der Waals surface area contributed by atoms with Gasteiger partial charge in [0.1, 0.15) is 22.2 Å². The number of halogens is 2.